The average Bonchev–Trinajstić information content (AvgIpc) is 2.40. The Balaban J connectivity index is 1.84. The van der Waals surface area contributed by atoms with Gasteiger partial charge in [-0.15, -0.1) is 0 Å². The first-order valence-electron chi connectivity index (χ1n) is 5.75. The first kappa shape index (κ1) is 14.7. The van der Waals surface area contributed by atoms with E-state index in [1.54, 1.807) is 23.5 Å². The first-order chi connectivity index (χ1) is 9.24. The first-order valence-corrected chi connectivity index (χ1v) is 8.20. The largest absolute Gasteiger partial charge is 0.0824 e. The molecule has 0 heterocycles. The van der Waals surface area contributed by atoms with Crippen LogP contribution in [0.15, 0.2) is 70.5 Å². The Morgan fingerprint density at radius 1 is 0.684 bits per heavy atom. The predicted octanol–water partition coefficient (Wildman–Crippen LogP) is 5.62. The Labute approximate surface area is 133 Å². The van der Waals surface area contributed by atoms with E-state index >= 15 is 0 Å². The summed E-state index contributed by atoms with van der Waals surface area (Å²) >= 11 is 14.0. The molecular formula is C15H12S4. The van der Waals surface area contributed by atoms with Gasteiger partial charge in [-0.3, -0.25) is 0 Å². The zero-order chi connectivity index (χ0) is 13.5. The van der Waals surface area contributed by atoms with Crippen molar-refractivity contribution in [2.24, 2.45) is 0 Å². The van der Waals surface area contributed by atoms with Crippen molar-refractivity contribution in [1.82, 2.24) is 0 Å². The SMILES string of the molecule is S=C(CC(=S)Sc1ccccc1)Sc1ccccc1. The number of thiocarbonyl (C=S) groups is 2. The van der Waals surface area contributed by atoms with Gasteiger partial charge in [0.25, 0.3) is 0 Å². The van der Waals surface area contributed by atoms with Gasteiger partial charge in [0.05, 0.1) is 8.39 Å². The topological polar surface area (TPSA) is 0 Å². The molecule has 2 aromatic carbocycles. The van der Waals surface area contributed by atoms with Crippen LogP contribution in [0, 0.1) is 0 Å². The molecule has 0 saturated heterocycles. The Bertz CT molecular complexity index is 497. The zero-order valence-electron chi connectivity index (χ0n) is 10.1. The highest BCUT2D eigenvalue weighted by Crippen LogP contribution is 2.26. The molecule has 0 fully saturated rings. The van der Waals surface area contributed by atoms with Gasteiger partial charge in [0.15, 0.2) is 0 Å². The molecule has 0 aromatic heterocycles. The van der Waals surface area contributed by atoms with Gasteiger partial charge in [-0.25, -0.2) is 0 Å². The molecule has 2 aromatic rings. The molecule has 0 aliphatic rings. The summed E-state index contributed by atoms with van der Waals surface area (Å²) in [5.41, 5.74) is 0. The zero-order valence-corrected chi connectivity index (χ0v) is 13.4. The molecule has 4 heteroatoms. The van der Waals surface area contributed by atoms with E-state index in [0.29, 0.717) is 6.42 Å². The van der Waals surface area contributed by atoms with Crippen LogP contribution in [0.5, 0.6) is 0 Å². The summed E-state index contributed by atoms with van der Waals surface area (Å²) in [7, 11) is 0. The minimum Gasteiger partial charge on any atom is -0.0824 e. The number of hydrogen-bond acceptors (Lipinski definition) is 4. The number of rotatable bonds is 4. The molecule has 0 N–H and O–H groups in total. The van der Waals surface area contributed by atoms with Crippen molar-refractivity contribution in [1.29, 1.82) is 0 Å². The fourth-order valence-corrected chi connectivity index (χ4v) is 4.21. The van der Waals surface area contributed by atoms with E-state index in [-0.39, 0.29) is 0 Å². The normalized spacial score (nSPS) is 10.1. The summed E-state index contributed by atoms with van der Waals surface area (Å²) in [6, 6.07) is 20.3. The van der Waals surface area contributed by atoms with Crippen molar-refractivity contribution in [2.45, 2.75) is 16.2 Å². The predicted molar refractivity (Wildman–Crippen MR) is 94.4 cm³/mol. The summed E-state index contributed by atoms with van der Waals surface area (Å²) in [5.74, 6) is 0. The fourth-order valence-electron chi connectivity index (χ4n) is 1.43. The van der Waals surface area contributed by atoms with Crippen molar-refractivity contribution in [3.05, 3.63) is 60.7 Å². The molecule has 19 heavy (non-hydrogen) atoms. The smallest absolute Gasteiger partial charge is 0.0584 e. The summed E-state index contributed by atoms with van der Waals surface area (Å²) in [6.07, 6.45) is 0.684. The van der Waals surface area contributed by atoms with Crippen molar-refractivity contribution in [3.63, 3.8) is 0 Å². The quantitative estimate of drug-likeness (QED) is 0.529. The number of hydrogen-bond donors (Lipinski definition) is 0. The minimum absolute atomic E-state index is 0.684. The van der Waals surface area contributed by atoms with Crippen LogP contribution >= 0.6 is 48.0 Å². The summed E-state index contributed by atoms with van der Waals surface area (Å²) in [6.45, 7) is 0. The third-order valence-corrected chi connectivity index (χ3v) is 4.79. The second-order valence-electron chi connectivity index (χ2n) is 3.75. The van der Waals surface area contributed by atoms with Gasteiger partial charge in [0, 0.05) is 16.2 Å². The summed E-state index contributed by atoms with van der Waals surface area (Å²) in [5, 5.41) is 0. The lowest BCUT2D eigenvalue weighted by Crippen LogP contribution is -1.96. The van der Waals surface area contributed by atoms with Crippen molar-refractivity contribution in [3.8, 4) is 0 Å². The molecule has 0 spiro atoms. The van der Waals surface area contributed by atoms with Gasteiger partial charge in [-0.1, -0.05) is 84.4 Å². The lowest BCUT2D eigenvalue weighted by molar-refractivity contribution is 1.47. The van der Waals surface area contributed by atoms with Crippen LogP contribution in [-0.4, -0.2) is 8.39 Å². The number of benzene rings is 2. The number of thioether (sulfide) groups is 2. The molecule has 0 aliphatic heterocycles. The van der Waals surface area contributed by atoms with Crippen LogP contribution < -0.4 is 0 Å². The Hall–Kier alpha value is -0.680. The third-order valence-electron chi connectivity index (χ3n) is 2.24. The van der Waals surface area contributed by atoms with Crippen LogP contribution in [0.25, 0.3) is 0 Å². The van der Waals surface area contributed by atoms with E-state index in [2.05, 4.69) is 24.3 Å². The maximum absolute atomic E-state index is 5.39. The Morgan fingerprint density at radius 2 is 1.05 bits per heavy atom. The fraction of sp³-hybridized carbons (Fsp3) is 0.0667. The second-order valence-corrected chi connectivity index (χ2v) is 7.59. The van der Waals surface area contributed by atoms with Gasteiger partial charge in [0.1, 0.15) is 0 Å². The molecule has 0 aliphatic carbocycles. The van der Waals surface area contributed by atoms with E-state index < -0.39 is 0 Å². The molecule has 0 saturated carbocycles. The van der Waals surface area contributed by atoms with Crippen molar-refractivity contribution < 1.29 is 0 Å². The molecule has 0 radical (unpaired) electrons. The summed E-state index contributed by atoms with van der Waals surface area (Å²) in [4.78, 5) is 2.33. The molecule has 0 unspecified atom stereocenters. The van der Waals surface area contributed by atoms with E-state index in [0.717, 1.165) is 8.39 Å². The van der Waals surface area contributed by atoms with Crippen LogP contribution in [0.3, 0.4) is 0 Å². The third kappa shape index (κ3) is 5.45. The van der Waals surface area contributed by atoms with Crippen LogP contribution in [-0.2, 0) is 0 Å². The van der Waals surface area contributed by atoms with E-state index in [1.165, 1.54) is 9.79 Å². The van der Waals surface area contributed by atoms with Crippen LogP contribution in [0.1, 0.15) is 6.42 Å². The second kappa shape index (κ2) is 7.80. The molecule has 96 valence electrons. The van der Waals surface area contributed by atoms with Crippen molar-refractivity contribution in [2.75, 3.05) is 0 Å². The maximum Gasteiger partial charge on any atom is 0.0584 e. The van der Waals surface area contributed by atoms with Gasteiger partial charge in [-0.2, -0.15) is 0 Å². The summed E-state index contributed by atoms with van der Waals surface area (Å²) < 4.78 is 1.83. The highest BCUT2D eigenvalue weighted by Gasteiger charge is 2.06. The molecule has 0 nitrogen and oxygen atoms in total. The van der Waals surface area contributed by atoms with E-state index in [4.69, 9.17) is 24.4 Å². The minimum atomic E-state index is 0.684. The van der Waals surface area contributed by atoms with Crippen molar-refractivity contribution >= 4 is 56.4 Å². The van der Waals surface area contributed by atoms with Crippen LogP contribution in [0.4, 0.5) is 0 Å². The lowest BCUT2D eigenvalue weighted by atomic mass is 10.4. The lowest BCUT2D eigenvalue weighted by Gasteiger charge is -2.05. The monoisotopic (exact) mass is 320 g/mol. The standard InChI is InChI=1S/C15H12S4/c16-14(18-12-7-3-1-4-8-12)11-15(17)19-13-9-5-2-6-10-13/h1-10H,11H2. The molecule has 2 rings (SSSR count). The average molecular weight is 321 g/mol. The van der Waals surface area contributed by atoms with Gasteiger partial charge in [0.2, 0.25) is 0 Å². The Morgan fingerprint density at radius 3 is 1.42 bits per heavy atom. The Kier molecular flexibility index (Phi) is 6.04. The molecule has 0 amide bonds. The van der Waals surface area contributed by atoms with E-state index in [9.17, 15) is 0 Å². The highest BCUT2D eigenvalue weighted by atomic mass is 32.2. The van der Waals surface area contributed by atoms with Crippen LogP contribution in [0.2, 0.25) is 0 Å². The van der Waals surface area contributed by atoms with Gasteiger partial charge < -0.3 is 0 Å². The molecular weight excluding hydrogens is 308 g/mol. The van der Waals surface area contributed by atoms with Gasteiger partial charge in [-0.05, 0) is 24.3 Å². The molecule has 0 bridgehead atoms. The molecule has 0 atom stereocenters. The van der Waals surface area contributed by atoms with Gasteiger partial charge >= 0.3 is 0 Å². The van der Waals surface area contributed by atoms with E-state index in [1.807, 2.05) is 36.4 Å². The highest BCUT2D eigenvalue weighted by molar-refractivity contribution is 8.25. The maximum atomic E-state index is 5.39.